The highest BCUT2D eigenvalue weighted by Crippen LogP contribution is 2.28. The number of hydrogen-bond donors (Lipinski definition) is 0. The number of benzene rings is 1. The normalized spacial score (nSPS) is 11.2. The lowest BCUT2D eigenvalue weighted by molar-refractivity contribution is -0.275. The van der Waals surface area contributed by atoms with Gasteiger partial charge in [-0.1, -0.05) is 6.07 Å². The molecule has 1 aromatic carbocycles. The summed E-state index contributed by atoms with van der Waals surface area (Å²) in [5.41, 5.74) is -0.244. The fourth-order valence-corrected chi connectivity index (χ4v) is 1.21. The Bertz CT molecular complexity index is 374. The minimum Gasteiger partial charge on any atom is -0.405 e. The molecule has 0 aromatic heterocycles. The summed E-state index contributed by atoms with van der Waals surface area (Å²) < 4.78 is 52.7. The average molecular weight is 236 g/mol. The third-order valence-electron chi connectivity index (χ3n) is 1.81. The van der Waals surface area contributed by atoms with Crippen molar-refractivity contribution in [2.75, 3.05) is 0 Å². The Morgan fingerprint density at radius 3 is 2.56 bits per heavy atom. The smallest absolute Gasteiger partial charge is 0.405 e. The Labute approximate surface area is 88.8 Å². The molecule has 0 aliphatic heterocycles. The highest BCUT2D eigenvalue weighted by Gasteiger charge is 2.32. The van der Waals surface area contributed by atoms with Crippen LogP contribution in [0, 0.1) is 5.82 Å². The van der Waals surface area contributed by atoms with E-state index >= 15 is 0 Å². The van der Waals surface area contributed by atoms with Crippen molar-refractivity contribution in [1.29, 1.82) is 0 Å². The SMILES string of the molecule is O=CCCc1c(F)cccc1OC(F)(F)F. The molecule has 2 nitrogen and oxygen atoms in total. The second-order valence-electron chi connectivity index (χ2n) is 2.97. The van der Waals surface area contributed by atoms with Crippen molar-refractivity contribution >= 4 is 6.29 Å². The molecule has 0 radical (unpaired) electrons. The largest absolute Gasteiger partial charge is 0.573 e. The summed E-state index contributed by atoms with van der Waals surface area (Å²) in [6.45, 7) is 0. The molecule has 0 bridgehead atoms. The van der Waals surface area contributed by atoms with E-state index in [0.717, 1.165) is 18.2 Å². The number of halogens is 4. The van der Waals surface area contributed by atoms with E-state index in [1.807, 2.05) is 0 Å². The molecule has 0 saturated carbocycles. The van der Waals surface area contributed by atoms with Crippen LogP contribution in [-0.2, 0) is 11.2 Å². The van der Waals surface area contributed by atoms with Crippen molar-refractivity contribution in [2.45, 2.75) is 19.2 Å². The van der Waals surface area contributed by atoms with Gasteiger partial charge < -0.3 is 9.53 Å². The maximum atomic E-state index is 13.2. The highest BCUT2D eigenvalue weighted by molar-refractivity contribution is 5.51. The first-order valence-electron chi connectivity index (χ1n) is 4.41. The first-order chi connectivity index (χ1) is 7.44. The van der Waals surface area contributed by atoms with Crippen LogP contribution in [0.5, 0.6) is 5.75 Å². The molecule has 88 valence electrons. The van der Waals surface area contributed by atoms with Gasteiger partial charge in [0.2, 0.25) is 0 Å². The van der Waals surface area contributed by atoms with E-state index in [9.17, 15) is 22.4 Å². The third kappa shape index (κ3) is 3.52. The number of aldehydes is 1. The minimum absolute atomic E-state index is 0.0604. The summed E-state index contributed by atoms with van der Waals surface area (Å²) in [7, 11) is 0. The van der Waals surface area contributed by atoms with Gasteiger partial charge in [0.25, 0.3) is 0 Å². The van der Waals surface area contributed by atoms with Crippen LogP contribution in [0.3, 0.4) is 0 Å². The molecule has 0 spiro atoms. The molecule has 0 unspecified atom stereocenters. The summed E-state index contributed by atoms with van der Waals surface area (Å²) in [5, 5.41) is 0. The van der Waals surface area contributed by atoms with Crippen molar-refractivity contribution in [3.05, 3.63) is 29.6 Å². The Morgan fingerprint density at radius 1 is 1.31 bits per heavy atom. The van der Waals surface area contributed by atoms with E-state index in [0.29, 0.717) is 6.29 Å². The first-order valence-corrected chi connectivity index (χ1v) is 4.41. The van der Waals surface area contributed by atoms with E-state index in [1.54, 1.807) is 0 Å². The monoisotopic (exact) mass is 236 g/mol. The van der Waals surface area contributed by atoms with Crippen molar-refractivity contribution in [3.8, 4) is 5.75 Å². The lowest BCUT2D eigenvalue weighted by Crippen LogP contribution is -2.18. The number of hydrogen-bond acceptors (Lipinski definition) is 2. The quantitative estimate of drug-likeness (QED) is 0.593. The Morgan fingerprint density at radius 2 is 2.00 bits per heavy atom. The van der Waals surface area contributed by atoms with Gasteiger partial charge in [0.15, 0.2) is 0 Å². The molecular weight excluding hydrogens is 228 g/mol. The van der Waals surface area contributed by atoms with E-state index in [-0.39, 0.29) is 18.4 Å². The van der Waals surface area contributed by atoms with Crippen molar-refractivity contribution in [3.63, 3.8) is 0 Å². The molecule has 0 aliphatic carbocycles. The van der Waals surface area contributed by atoms with E-state index in [2.05, 4.69) is 4.74 Å². The standard InChI is InChI=1S/C10H8F4O2/c11-8-4-1-5-9(16-10(12,13)14)7(8)3-2-6-15/h1,4-6H,2-3H2. The van der Waals surface area contributed by atoms with Crippen molar-refractivity contribution in [1.82, 2.24) is 0 Å². The zero-order valence-corrected chi connectivity index (χ0v) is 8.05. The van der Waals surface area contributed by atoms with Gasteiger partial charge in [-0.25, -0.2) is 4.39 Å². The molecule has 0 fully saturated rings. The third-order valence-corrected chi connectivity index (χ3v) is 1.81. The summed E-state index contributed by atoms with van der Waals surface area (Å²) in [6, 6.07) is 3.14. The Balaban J connectivity index is 2.97. The number of rotatable bonds is 4. The maximum Gasteiger partial charge on any atom is 0.573 e. The van der Waals surface area contributed by atoms with Gasteiger partial charge in [0.1, 0.15) is 17.9 Å². The topological polar surface area (TPSA) is 26.3 Å². The molecule has 6 heteroatoms. The second kappa shape index (κ2) is 4.96. The first kappa shape index (κ1) is 12.5. The Hall–Kier alpha value is -1.59. The lowest BCUT2D eigenvalue weighted by atomic mass is 10.1. The van der Waals surface area contributed by atoms with Crippen LogP contribution < -0.4 is 4.74 Å². The lowest BCUT2D eigenvalue weighted by Gasteiger charge is -2.13. The fraction of sp³-hybridized carbons (Fsp3) is 0.300. The fourth-order valence-electron chi connectivity index (χ4n) is 1.21. The number of carbonyl (C=O) groups excluding carboxylic acids is 1. The van der Waals surface area contributed by atoms with E-state index < -0.39 is 17.9 Å². The summed E-state index contributed by atoms with van der Waals surface area (Å²) in [5.74, 6) is -1.42. The number of carbonyl (C=O) groups is 1. The van der Waals surface area contributed by atoms with Gasteiger partial charge in [0.05, 0.1) is 0 Å². The van der Waals surface area contributed by atoms with E-state index in [4.69, 9.17) is 0 Å². The second-order valence-corrected chi connectivity index (χ2v) is 2.97. The molecule has 0 aliphatic rings. The molecule has 0 amide bonds. The Kier molecular flexibility index (Phi) is 3.87. The zero-order valence-electron chi connectivity index (χ0n) is 8.05. The molecule has 16 heavy (non-hydrogen) atoms. The highest BCUT2D eigenvalue weighted by atomic mass is 19.4. The predicted octanol–water partition coefficient (Wildman–Crippen LogP) is 2.86. The van der Waals surface area contributed by atoms with Gasteiger partial charge in [-0.3, -0.25) is 0 Å². The van der Waals surface area contributed by atoms with Crippen LogP contribution in [0.2, 0.25) is 0 Å². The average Bonchev–Trinajstić information content (AvgIpc) is 2.14. The predicted molar refractivity (Wildman–Crippen MR) is 47.5 cm³/mol. The van der Waals surface area contributed by atoms with E-state index in [1.165, 1.54) is 0 Å². The van der Waals surface area contributed by atoms with Gasteiger partial charge in [0, 0.05) is 12.0 Å². The van der Waals surface area contributed by atoms with Gasteiger partial charge >= 0.3 is 6.36 Å². The van der Waals surface area contributed by atoms with Crippen LogP contribution in [0.15, 0.2) is 18.2 Å². The van der Waals surface area contributed by atoms with Crippen LogP contribution >= 0.6 is 0 Å². The maximum absolute atomic E-state index is 13.2. The van der Waals surface area contributed by atoms with Crippen LogP contribution in [0.25, 0.3) is 0 Å². The van der Waals surface area contributed by atoms with Crippen LogP contribution in [0.4, 0.5) is 17.6 Å². The number of alkyl halides is 3. The summed E-state index contributed by atoms with van der Waals surface area (Å²) in [6.07, 6.45) is -4.55. The van der Waals surface area contributed by atoms with Crippen LogP contribution in [-0.4, -0.2) is 12.6 Å². The molecule has 1 aromatic rings. The molecule has 1 rings (SSSR count). The van der Waals surface area contributed by atoms with Gasteiger partial charge in [-0.15, -0.1) is 13.2 Å². The molecule has 0 N–H and O–H groups in total. The van der Waals surface area contributed by atoms with Crippen molar-refractivity contribution < 1.29 is 27.1 Å². The van der Waals surface area contributed by atoms with Gasteiger partial charge in [-0.2, -0.15) is 0 Å². The minimum atomic E-state index is -4.87. The zero-order chi connectivity index (χ0) is 12.2. The van der Waals surface area contributed by atoms with Gasteiger partial charge in [-0.05, 0) is 18.6 Å². The number of ether oxygens (including phenoxy) is 1. The van der Waals surface area contributed by atoms with Crippen molar-refractivity contribution in [2.24, 2.45) is 0 Å². The summed E-state index contributed by atoms with van der Waals surface area (Å²) >= 11 is 0. The molecule has 0 heterocycles. The molecule has 0 atom stereocenters. The molecular formula is C10H8F4O2. The van der Waals surface area contributed by atoms with Crippen LogP contribution in [0.1, 0.15) is 12.0 Å². The molecule has 0 saturated heterocycles. The summed E-state index contributed by atoms with van der Waals surface area (Å²) in [4.78, 5) is 10.1.